The summed E-state index contributed by atoms with van der Waals surface area (Å²) in [7, 11) is 0. The fourth-order valence-electron chi connectivity index (χ4n) is 0.841. The molecular formula is C12H10MgS2. The molecule has 0 atom stereocenters. The predicted octanol–water partition coefficient (Wildman–Crippen LogP) is 2.80. The molecule has 0 saturated carbocycles. The fourth-order valence-corrected chi connectivity index (χ4v) is 1.16. The Bertz CT molecular complexity index is 311. The van der Waals surface area contributed by atoms with Crippen molar-refractivity contribution in [2.75, 3.05) is 0 Å². The summed E-state index contributed by atoms with van der Waals surface area (Å²) in [5.74, 6) is 0. The Morgan fingerprint density at radius 2 is 0.800 bits per heavy atom. The SMILES string of the molecule is [Mg+2].[S-]c1ccccc1.[S-]c1ccccc1. The number of hydrogen-bond acceptors (Lipinski definition) is 2. The number of rotatable bonds is 0. The molecule has 72 valence electrons. The summed E-state index contributed by atoms with van der Waals surface area (Å²) in [5.41, 5.74) is 0. The Labute approximate surface area is 118 Å². The van der Waals surface area contributed by atoms with Crippen molar-refractivity contribution in [3.8, 4) is 0 Å². The molecule has 0 N–H and O–H groups in total. The Hall–Kier alpha value is -0.354. The van der Waals surface area contributed by atoms with Gasteiger partial charge in [-0.05, 0) is 0 Å². The van der Waals surface area contributed by atoms with Crippen LogP contribution in [0.2, 0.25) is 0 Å². The van der Waals surface area contributed by atoms with E-state index in [1.165, 1.54) is 0 Å². The van der Waals surface area contributed by atoms with Crippen molar-refractivity contribution in [2.24, 2.45) is 0 Å². The average molecular weight is 243 g/mol. The first kappa shape index (κ1) is 14.6. The number of benzene rings is 2. The van der Waals surface area contributed by atoms with Crippen molar-refractivity contribution in [3.63, 3.8) is 0 Å². The van der Waals surface area contributed by atoms with Gasteiger partial charge in [-0.3, -0.25) is 0 Å². The monoisotopic (exact) mass is 242 g/mol. The van der Waals surface area contributed by atoms with Gasteiger partial charge in [-0.25, -0.2) is 0 Å². The van der Waals surface area contributed by atoms with Crippen LogP contribution in [-0.4, -0.2) is 23.1 Å². The fraction of sp³-hybridized carbons (Fsp3) is 0. The summed E-state index contributed by atoms with van der Waals surface area (Å²) < 4.78 is 0. The van der Waals surface area contributed by atoms with Crippen molar-refractivity contribution in [2.45, 2.75) is 9.79 Å². The van der Waals surface area contributed by atoms with Gasteiger partial charge in [0.05, 0.1) is 0 Å². The second-order valence-corrected chi connectivity index (χ2v) is 3.57. The topological polar surface area (TPSA) is 0 Å². The molecule has 0 spiro atoms. The van der Waals surface area contributed by atoms with Crippen LogP contribution in [0.1, 0.15) is 0 Å². The molecule has 2 rings (SSSR count). The van der Waals surface area contributed by atoms with Crippen LogP contribution in [0.4, 0.5) is 0 Å². The maximum Gasteiger partial charge on any atom is 2.00 e. The minimum Gasteiger partial charge on any atom is -0.780 e. The molecule has 2 aromatic rings. The van der Waals surface area contributed by atoms with E-state index in [2.05, 4.69) is 0 Å². The molecule has 0 aromatic heterocycles. The summed E-state index contributed by atoms with van der Waals surface area (Å²) >= 11 is 9.62. The Balaban J connectivity index is 0.000000245. The first-order valence-electron chi connectivity index (χ1n) is 4.23. The zero-order valence-corrected chi connectivity index (χ0v) is 11.3. The third kappa shape index (κ3) is 7.56. The summed E-state index contributed by atoms with van der Waals surface area (Å²) in [6.45, 7) is 0. The van der Waals surface area contributed by atoms with E-state index in [4.69, 9.17) is 25.3 Å². The van der Waals surface area contributed by atoms with E-state index in [0.29, 0.717) is 0 Å². The van der Waals surface area contributed by atoms with Crippen molar-refractivity contribution in [1.29, 1.82) is 0 Å². The Morgan fingerprint density at radius 3 is 0.933 bits per heavy atom. The minimum absolute atomic E-state index is 0. The molecule has 0 fully saturated rings. The molecule has 0 unspecified atom stereocenters. The average Bonchev–Trinajstić information content (AvgIpc) is 2.21. The predicted molar refractivity (Wildman–Crippen MR) is 69.9 cm³/mol. The maximum atomic E-state index is 4.81. The van der Waals surface area contributed by atoms with Crippen molar-refractivity contribution >= 4 is 48.3 Å². The van der Waals surface area contributed by atoms with E-state index < -0.39 is 0 Å². The van der Waals surface area contributed by atoms with Gasteiger partial charge in [0.1, 0.15) is 0 Å². The molecule has 0 aliphatic heterocycles. The Kier molecular flexibility index (Phi) is 8.70. The van der Waals surface area contributed by atoms with Crippen molar-refractivity contribution in [1.82, 2.24) is 0 Å². The number of hydrogen-bond donors (Lipinski definition) is 0. The van der Waals surface area contributed by atoms with Gasteiger partial charge in [-0.1, -0.05) is 60.7 Å². The molecule has 2 aromatic carbocycles. The van der Waals surface area contributed by atoms with Crippen LogP contribution in [0.15, 0.2) is 70.5 Å². The van der Waals surface area contributed by atoms with Gasteiger partial charge in [0.15, 0.2) is 0 Å². The van der Waals surface area contributed by atoms with E-state index >= 15 is 0 Å². The van der Waals surface area contributed by atoms with E-state index in [1.54, 1.807) is 0 Å². The Morgan fingerprint density at radius 1 is 0.533 bits per heavy atom. The second-order valence-electron chi connectivity index (χ2n) is 2.63. The minimum atomic E-state index is 0. The molecule has 0 heterocycles. The van der Waals surface area contributed by atoms with Gasteiger partial charge in [0.2, 0.25) is 0 Å². The van der Waals surface area contributed by atoms with Crippen LogP contribution in [0.25, 0.3) is 0 Å². The zero-order chi connectivity index (χ0) is 10.2. The summed E-state index contributed by atoms with van der Waals surface area (Å²) in [6.07, 6.45) is 0. The third-order valence-corrected chi connectivity index (χ3v) is 2.03. The van der Waals surface area contributed by atoms with Gasteiger partial charge in [0.25, 0.3) is 0 Å². The molecule has 0 saturated heterocycles. The van der Waals surface area contributed by atoms with Gasteiger partial charge in [-0.15, -0.1) is 0 Å². The first-order chi connectivity index (χ1) is 6.79. The van der Waals surface area contributed by atoms with Crippen LogP contribution in [-0.2, 0) is 25.3 Å². The van der Waals surface area contributed by atoms with Crippen LogP contribution >= 0.6 is 0 Å². The first-order valence-corrected chi connectivity index (χ1v) is 5.05. The molecule has 0 aliphatic rings. The standard InChI is InChI=1S/2C6H6S.Mg/c2*7-6-4-2-1-3-5-6;/h2*1-5,7H;/q;;+2/p-2. The molecule has 0 aliphatic carbocycles. The second kappa shape index (κ2) is 8.91. The van der Waals surface area contributed by atoms with Crippen LogP contribution in [0.3, 0.4) is 0 Å². The largest absolute Gasteiger partial charge is 2.00 e. The molecule has 0 radical (unpaired) electrons. The van der Waals surface area contributed by atoms with Gasteiger partial charge >= 0.3 is 23.1 Å². The third-order valence-electron chi connectivity index (χ3n) is 1.49. The van der Waals surface area contributed by atoms with E-state index in [0.717, 1.165) is 9.79 Å². The molecular weight excluding hydrogens is 233 g/mol. The molecule has 15 heavy (non-hydrogen) atoms. The van der Waals surface area contributed by atoms with Crippen LogP contribution < -0.4 is 0 Å². The van der Waals surface area contributed by atoms with Gasteiger partial charge < -0.3 is 25.3 Å². The molecule has 3 heteroatoms. The van der Waals surface area contributed by atoms with Crippen molar-refractivity contribution < 1.29 is 0 Å². The van der Waals surface area contributed by atoms with E-state index in [1.807, 2.05) is 60.7 Å². The molecule has 0 nitrogen and oxygen atoms in total. The normalized spacial score (nSPS) is 8.00. The van der Waals surface area contributed by atoms with Crippen LogP contribution in [0.5, 0.6) is 0 Å². The molecule has 0 amide bonds. The van der Waals surface area contributed by atoms with Crippen molar-refractivity contribution in [3.05, 3.63) is 60.7 Å². The van der Waals surface area contributed by atoms with Crippen LogP contribution in [0, 0.1) is 0 Å². The smallest absolute Gasteiger partial charge is 0.780 e. The van der Waals surface area contributed by atoms with Gasteiger partial charge in [0, 0.05) is 0 Å². The van der Waals surface area contributed by atoms with E-state index in [-0.39, 0.29) is 23.1 Å². The van der Waals surface area contributed by atoms with Gasteiger partial charge in [-0.2, -0.15) is 9.79 Å². The van der Waals surface area contributed by atoms with E-state index in [9.17, 15) is 0 Å². The maximum absolute atomic E-state index is 4.81. The summed E-state index contributed by atoms with van der Waals surface area (Å²) in [6, 6.07) is 19.2. The zero-order valence-electron chi connectivity index (χ0n) is 8.30. The summed E-state index contributed by atoms with van der Waals surface area (Å²) in [5, 5.41) is 0. The summed E-state index contributed by atoms with van der Waals surface area (Å²) in [4.78, 5) is 1.81. The quantitative estimate of drug-likeness (QED) is 0.515. The molecule has 0 bridgehead atoms.